The van der Waals surface area contributed by atoms with Crippen LogP contribution in [0.1, 0.15) is 30.8 Å². The Bertz CT molecular complexity index is 428. The highest BCUT2D eigenvalue weighted by atomic mass is 16.1. The molecule has 4 nitrogen and oxygen atoms in total. The van der Waals surface area contributed by atoms with Crippen LogP contribution in [0.25, 0.3) is 0 Å². The van der Waals surface area contributed by atoms with E-state index in [4.69, 9.17) is 0 Å². The van der Waals surface area contributed by atoms with Crippen molar-refractivity contribution in [2.45, 2.75) is 20.3 Å². The van der Waals surface area contributed by atoms with E-state index in [-0.39, 0.29) is 5.91 Å². The van der Waals surface area contributed by atoms with Gasteiger partial charge in [-0.3, -0.25) is 4.79 Å². The summed E-state index contributed by atoms with van der Waals surface area (Å²) in [6.45, 7) is 5.20. The van der Waals surface area contributed by atoms with Crippen LogP contribution >= 0.6 is 0 Å². The molecule has 1 fully saturated rings. The minimum Gasteiger partial charge on any atom is -0.373 e. The van der Waals surface area contributed by atoms with Crippen LogP contribution in [-0.4, -0.2) is 24.5 Å². The SMILES string of the molecule is CNc1cccc(C(=O)NCC2CC2(C)C)n1. The summed E-state index contributed by atoms with van der Waals surface area (Å²) in [6, 6.07) is 5.39. The van der Waals surface area contributed by atoms with Gasteiger partial charge in [0.25, 0.3) is 5.91 Å². The fourth-order valence-corrected chi connectivity index (χ4v) is 1.93. The molecule has 4 heteroatoms. The summed E-state index contributed by atoms with van der Waals surface area (Å²) in [5.74, 6) is 1.23. The standard InChI is InChI=1S/C13H19N3O/c1-13(2)7-9(13)8-15-12(17)10-5-4-6-11(14-3)16-10/h4-6,9H,7-8H2,1-3H3,(H,14,16)(H,15,17). The van der Waals surface area contributed by atoms with Crippen molar-refractivity contribution in [2.75, 3.05) is 18.9 Å². The van der Waals surface area contributed by atoms with Gasteiger partial charge in [0.15, 0.2) is 0 Å². The van der Waals surface area contributed by atoms with Crippen molar-refractivity contribution in [3.05, 3.63) is 23.9 Å². The third-order valence-corrected chi connectivity index (χ3v) is 3.46. The van der Waals surface area contributed by atoms with E-state index < -0.39 is 0 Å². The maximum Gasteiger partial charge on any atom is 0.269 e. The summed E-state index contributed by atoms with van der Waals surface area (Å²) in [5.41, 5.74) is 0.864. The van der Waals surface area contributed by atoms with Crippen LogP contribution < -0.4 is 10.6 Å². The van der Waals surface area contributed by atoms with E-state index in [1.165, 1.54) is 6.42 Å². The van der Waals surface area contributed by atoms with E-state index in [9.17, 15) is 4.79 Å². The third kappa shape index (κ3) is 2.75. The summed E-state index contributed by atoms with van der Waals surface area (Å²) in [4.78, 5) is 16.1. The molecule has 1 amide bonds. The maximum absolute atomic E-state index is 11.9. The second-order valence-corrected chi connectivity index (χ2v) is 5.26. The van der Waals surface area contributed by atoms with Crippen molar-refractivity contribution in [1.29, 1.82) is 0 Å². The Morgan fingerprint density at radius 1 is 1.53 bits per heavy atom. The first kappa shape index (κ1) is 11.9. The van der Waals surface area contributed by atoms with Crippen LogP contribution in [0, 0.1) is 11.3 Å². The molecule has 17 heavy (non-hydrogen) atoms. The maximum atomic E-state index is 11.9. The summed E-state index contributed by atoms with van der Waals surface area (Å²) >= 11 is 0. The molecule has 0 radical (unpaired) electrons. The number of carbonyl (C=O) groups excluding carboxylic acids is 1. The normalized spacial score (nSPS) is 20.8. The average Bonchev–Trinajstić information content (AvgIpc) is 2.94. The Hall–Kier alpha value is -1.58. The van der Waals surface area contributed by atoms with Crippen LogP contribution in [0.3, 0.4) is 0 Å². The molecule has 0 aliphatic heterocycles. The number of carbonyl (C=O) groups is 1. The molecule has 1 aromatic heterocycles. The molecule has 1 aromatic rings. The zero-order valence-corrected chi connectivity index (χ0v) is 10.6. The minimum absolute atomic E-state index is 0.0928. The molecule has 1 atom stereocenters. The zero-order chi connectivity index (χ0) is 12.5. The molecule has 1 aliphatic carbocycles. The van der Waals surface area contributed by atoms with Gasteiger partial charge in [-0.05, 0) is 29.9 Å². The van der Waals surface area contributed by atoms with E-state index in [0.29, 0.717) is 22.8 Å². The van der Waals surface area contributed by atoms with Gasteiger partial charge < -0.3 is 10.6 Å². The Morgan fingerprint density at radius 3 is 2.82 bits per heavy atom. The third-order valence-electron chi connectivity index (χ3n) is 3.46. The molecule has 0 spiro atoms. The first-order valence-electron chi connectivity index (χ1n) is 5.96. The summed E-state index contributed by atoms with van der Waals surface area (Å²) in [7, 11) is 1.79. The lowest BCUT2D eigenvalue weighted by Gasteiger charge is -2.07. The van der Waals surface area contributed by atoms with Crippen LogP contribution in [0.4, 0.5) is 5.82 Å². The molecule has 2 N–H and O–H groups in total. The highest BCUT2D eigenvalue weighted by molar-refractivity contribution is 5.92. The summed E-state index contributed by atoms with van der Waals surface area (Å²) in [6.07, 6.45) is 1.19. The van der Waals surface area contributed by atoms with Gasteiger partial charge in [0, 0.05) is 13.6 Å². The number of rotatable bonds is 4. The summed E-state index contributed by atoms with van der Waals surface area (Å²) < 4.78 is 0. The number of aromatic nitrogens is 1. The van der Waals surface area contributed by atoms with E-state index in [1.54, 1.807) is 13.1 Å². The van der Waals surface area contributed by atoms with Gasteiger partial charge in [0.05, 0.1) is 0 Å². The highest BCUT2D eigenvalue weighted by Gasteiger charge is 2.45. The smallest absolute Gasteiger partial charge is 0.269 e. The molecular formula is C13H19N3O. The van der Waals surface area contributed by atoms with Crippen LogP contribution in [0.15, 0.2) is 18.2 Å². The van der Waals surface area contributed by atoms with Gasteiger partial charge in [-0.15, -0.1) is 0 Å². The van der Waals surface area contributed by atoms with Crippen molar-refractivity contribution in [3.63, 3.8) is 0 Å². The van der Waals surface area contributed by atoms with E-state index in [1.807, 2.05) is 12.1 Å². The van der Waals surface area contributed by atoms with Gasteiger partial charge in [-0.25, -0.2) is 4.98 Å². The quantitative estimate of drug-likeness (QED) is 0.835. The molecule has 2 rings (SSSR count). The van der Waals surface area contributed by atoms with Crippen molar-refractivity contribution >= 4 is 11.7 Å². The van der Waals surface area contributed by atoms with E-state index >= 15 is 0 Å². The Labute approximate surface area is 102 Å². The molecule has 0 aromatic carbocycles. The number of hydrogen-bond acceptors (Lipinski definition) is 3. The molecule has 1 heterocycles. The van der Waals surface area contributed by atoms with E-state index in [0.717, 1.165) is 6.54 Å². The van der Waals surface area contributed by atoms with Crippen LogP contribution in [0.5, 0.6) is 0 Å². The first-order chi connectivity index (χ1) is 8.03. The van der Waals surface area contributed by atoms with Gasteiger partial charge >= 0.3 is 0 Å². The number of nitrogens with one attached hydrogen (secondary N) is 2. The monoisotopic (exact) mass is 233 g/mol. The topological polar surface area (TPSA) is 54.0 Å². The Balaban J connectivity index is 1.91. The van der Waals surface area contributed by atoms with Gasteiger partial charge in [-0.1, -0.05) is 19.9 Å². The second-order valence-electron chi connectivity index (χ2n) is 5.26. The minimum atomic E-state index is -0.0928. The van der Waals surface area contributed by atoms with Crippen molar-refractivity contribution in [1.82, 2.24) is 10.3 Å². The molecule has 1 aliphatic rings. The predicted octanol–water partition coefficient (Wildman–Crippen LogP) is 1.90. The first-order valence-corrected chi connectivity index (χ1v) is 5.96. The van der Waals surface area contributed by atoms with Gasteiger partial charge in [0.2, 0.25) is 0 Å². The average molecular weight is 233 g/mol. The van der Waals surface area contributed by atoms with Gasteiger partial charge in [0.1, 0.15) is 11.5 Å². The number of anilines is 1. The van der Waals surface area contributed by atoms with E-state index in [2.05, 4.69) is 29.5 Å². The van der Waals surface area contributed by atoms with Crippen LogP contribution in [0.2, 0.25) is 0 Å². The zero-order valence-electron chi connectivity index (χ0n) is 10.6. The molecule has 0 bridgehead atoms. The molecule has 0 saturated heterocycles. The second kappa shape index (κ2) is 4.35. The lowest BCUT2D eigenvalue weighted by molar-refractivity contribution is 0.0946. The summed E-state index contributed by atoms with van der Waals surface area (Å²) in [5, 5.41) is 5.86. The lowest BCUT2D eigenvalue weighted by Crippen LogP contribution is -2.27. The molecule has 1 unspecified atom stereocenters. The fraction of sp³-hybridized carbons (Fsp3) is 0.538. The number of pyridine rings is 1. The fourth-order valence-electron chi connectivity index (χ4n) is 1.93. The van der Waals surface area contributed by atoms with Crippen molar-refractivity contribution < 1.29 is 4.79 Å². The van der Waals surface area contributed by atoms with Crippen molar-refractivity contribution in [3.8, 4) is 0 Å². The Kier molecular flexibility index (Phi) is 3.05. The Morgan fingerprint density at radius 2 is 2.24 bits per heavy atom. The molecule has 92 valence electrons. The number of hydrogen-bond donors (Lipinski definition) is 2. The largest absolute Gasteiger partial charge is 0.373 e. The lowest BCUT2D eigenvalue weighted by atomic mass is 10.1. The van der Waals surface area contributed by atoms with Crippen LogP contribution in [-0.2, 0) is 0 Å². The molecule has 1 saturated carbocycles. The van der Waals surface area contributed by atoms with Gasteiger partial charge in [-0.2, -0.15) is 0 Å². The molecular weight excluding hydrogens is 214 g/mol. The predicted molar refractivity (Wildman–Crippen MR) is 68.0 cm³/mol. The number of nitrogens with zero attached hydrogens (tertiary/aromatic N) is 1. The van der Waals surface area contributed by atoms with Crippen molar-refractivity contribution in [2.24, 2.45) is 11.3 Å². The highest BCUT2D eigenvalue weighted by Crippen LogP contribution is 2.50. The number of amides is 1.